The molecule has 0 spiro atoms. The first-order valence-electron chi connectivity index (χ1n) is 10.7. The van der Waals surface area contributed by atoms with Gasteiger partial charge in [0.15, 0.2) is 5.75 Å². The van der Waals surface area contributed by atoms with Gasteiger partial charge in [-0.3, -0.25) is 4.98 Å². The number of hydrogen-bond acceptors (Lipinski definition) is 6. The summed E-state index contributed by atoms with van der Waals surface area (Å²) in [4.78, 5) is 28.2. The number of aryl methyl sites for hydroxylation is 2. The predicted octanol–water partition coefficient (Wildman–Crippen LogP) is 4.19. The maximum Gasteiger partial charge on any atom is 0.409 e. The molecule has 2 N–H and O–H groups in total. The number of aromatic nitrogens is 1. The van der Waals surface area contributed by atoms with E-state index in [0.29, 0.717) is 31.4 Å². The van der Waals surface area contributed by atoms with Crippen LogP contribution in [0.25, 0.3) is 0 Å². The highest BCUT2D eigenvalue weighted by molar-refractivity contribution is 6.30. The third kappa shape index (κ3) is 4.10. The van der Waals surface area contributed by atoms with Gasteiger partial charge in [0.05, 0.1) is 18.5 Å². The van der Waals surface area contributed by atoms with Gasteiger partial charge in [0.25, 0.3) is 0 Å². The van der Waals surface area contributed by atoms with Gasteiger partial charge in [-0.25, -0.2) is 4.79 Å². The maximum absolute atomic E-state index is 12.2. The van der Waals surface area contributed by atoms with Crippen molar-refractivity contribution in [2.45, 2.75) is 44.9 Å². The molecule has 1 aromatic carbocycles. The van der Waals surface area contributed by atoms with Gasteiger partial charge in [0.2, 0.25) is 0 Å². The van der Waals surface area contributed by atoms with Crippen LogP contribution in [0.15, 0.2) is 30.5 Å². The summed E-state index contributed by atoms with van der Waals surface area (Å²) in [6.07, 6.45) is 4.81. The monoisotopic (exact) mass is 445 g/mol. The number of halogens is 1. The Morgan fingerprint density at radius 3 is 2.71 bits per heavy atom. The average molecular weight is 446 g/mol. The molecular weight excluding hydrogens is 418 g/mol. The zero-order valence-corrected chi connectivity index (χ0v) is 18.7. The molecule has 8 heteroatoms. The Balaban J connectivity index is 1.74. The van der Waals surface area contributed by atoms with E-state index in [1.807, 2.05) is 19.1 Å². The molecule has 7 nitrogen and oxygen atoms in total. The van der Waals surface area contributed by atoms with Crippen LogP contribution in [0, 0.1) is 5.92 Å². The Morgan fingerprint density at radius 2 is 2.00 bits per heavy atom. The Labute approximate surface area is 187 Å². The minimum Gasteiger partial charge on any atom is -0.450 e. The minimum atomic E-state index is -0.325. The predicted molar refractivity (Wildman–Crippen MR) is 117 cm³/mol. The number of rotatable bonds is 4. The summed E-state index contributed by atoms with van der Waals surface area (Å²) in [5.41, 5.74) is 4.30. The van der Waals surface area contributed by atoms with Gasteiger partial charge in [0.1, 0.15) is 0 Å². The number of carbonyl (C=O) groups is 1. The molecule has 0 bridgehead atoms. The third-order valence-corrected chi connectivity index (χ3v) is 6.94. The smallest absolute Gasteiger partial charge is 0.409 e. The van der Waals surface area contributed by atoms with Gasteiger partial charge in [-0.2, -0.15) is 5.90 Å². The average Bonchev–Trinajstić information content (AvgIpc) is 2.89. The molecule has 0 saturated carbocycles. The fraction of sp³-hybridized carbons (Fsp3) is 0.478. The number of carbonyl (C=O) groups excluding carboxylic acids is 1. The van der Waals surface area contributed by atoms with Crippen LogP contribution in [0.2, 0.25) is 5.02 Å². The third-order valence-electron chi connectivity index (χ3n) is 6.71. The van der Waals surface area contributed by atoms with Crippen molar-refractivity contribution in [2.75, 3.05) is 19.7 Å². The Bertz CT molecular complexity index is 962. The molecule has 1 amide bonds. The number of amides is 1. The number of piperidine rings is 1. The van der Waals surface area contributed by atoms with Crippen LogP contribution in [0.4, 0.5) is 4.79 Å². The molecule has 1 fully saturated rings. The summed E-state index contributed by atoms with van der Waals surface area (Å²) < 4.78 is 5.19. The zero-order valence-electron chi connectivity index (χ0n) is 17.9. The van der Waals surface area contributed by atoms with Crippen molar-refractivity contribution in [1.82, 2.24) is 9.88 Å². The quantitative estimate of drug-likeness (QED) is 0.560. The maximum atomic E-state index is 12.2. The summed E-state index contributed by atoms with van der Waals surface area (Å²) in [6, 6.07) is 8.11. The summed E-state index contributed by atoms with van der Waals surface area (Å²) in [7, 11) is 0. The lowest BCUT2D eigenvalue weighted by atomic mass is 9.64. The van der Waals surface area contributed by atoms with E-state index < -0.39 is 0 Å². The van der Waals surface area contributed by atoms with E-state index in [9.17, 15) is 4.79 Å². The molecule has 1 aliphatic carbocycles. The fourth-order valence-corrected chi connectivity index (χ4v) is 5.38. The molecular formula is C23H28ClN3O4. The van der Waals surface area contributed by atoms with Crippen LogP contribution >= 0.6 is 11.6 Å². The molecule has 1 saturated heterocycles. The van der Waals surface area contributed by atoms with E-state index in [0.717, 1.165) is 42.0 Å². The van der Waals surface area contributed by atoms with E-state index in [1.54, 1.807) is 11.1 Å². The van der Waals surface area contributed by atoms with Crippen molar-refractivity contribution in [3.8, 4) is 5.75 Å². The number of ether oxygens (including phenoxy) is 1. The number of hydrogen-bond donors (Lipinski definition) is 1. The molecule has 2 heterocycles. The van der Waals surface area contributed by atoms with Gasteiger partial charge in [-0.15, -0.1) is 0 Å². The molecule has 0 radical (unpaired) electrons. The van der Waals surface area contributed by atoms with Gasteiger partial charge < -0.3 is 14.5 Å². The molecule has 166 valence electrons. The molecule has 1 atom stereocenters. The fourth-order valence-electron chi connectivity index (χ4n) is 5.19. The van der Waals surface area contributed by atoms with Gasteiger partial charge in [-0.05, 0) is 80.3 Å². The van der Waals surface area contributed by atoms with Crippen molar-refractivity contribution < 1.29 is 19.4 Å². The molecule has 31 heavy (non-hydrogen) atoms. The second-order valence-corrected chi connectivity index (χ2v) is 8.76. The Kier molecular flexibility index (Phi) is 6.36. The molecule has 1 aromatic heterocycles. The van der Waals surface area contributed by atoms with Crippen molar-refractivity contribution >= 4 is 17.7 Å². The highest BCUT2D eigenvalue weighted by Gasteiger charge is 2.44. The first kappa shape index (κ1) is 21.9. The number of fused-ring (bicyclic) bond motifs is 2. The zero-order chi connectivity index (χ0) is 22.0. The van der Waals surface area contributed by atoms with Crippen LogP contribution in [-0.4, -0.2) is 35.7 Å². The van der Waals surface area contributed by atoms with Crippen LogP contribution < -0.4 is 10.8 Å². The second-order valence-electron chi connectivity index (χ2n) is 8.32. The number of nitrogens with zero attached hydrogens (tertiary/aromatic N) is 2. The molecule has 1 aliphatic heterocycles. The van der Waals surface area contributed by atoms with Crippen LogP contribution in [0.5, 0.6) is 5.75 Å². The largest absolute Gasteiger partial charge is 0.450 e. The molecule has 2 aromatic rings. The number of nitrogens with two attached hydrogens (primary N) is 1. The number of likely N-dealkylation sites (tertiary alicyclic amines) is 1. The second kappa shape index (κ2) is 9.02. The minimum absolute atomic E-state index is 0.235. The summed E-state index contributed by atoms with van der Waals surface area (Å²) >= 11 is 6.35. The van der Waals surface area contributed by atoms with E-state index >= 15 is 0 Å². The van der Waals surface area contributed by atoms with E-state index in [2.05, 4.69) is 24.0 Å². The first-order valence-corrected chi connectivity index (χ1v) is 11.1. The van der Waals surface area contributed by atoms with Gasteiger partial charge >= 0.3 is 6.09 Å². The molecule has 4 rings (SSSR count). The number of pyridine rings is 1. The topological polar surface area (TPSA) is 86.9 Å². The SMILES string of the molecule is CCOC(=O)N1CCC(C2(C)c3ccc(Cl)cc3CCc3cc(OON)cnc32)CC1. The summed E-state index contributed by atoms with van der Waals surface area (Å²) in [5, 5.41) is 0.734. The standard InChI is InChI=1S/C23H28ClN3O4/c1-3-29-22(28)27-10-8-17(9-11-27)23(2)20-7-6-18(24)12-15(20)4-5-16-13-19(30-31-25)14-26-21(16)23/h6-7,12-14,17H,3-5,8-11,25H2,1-2H3. The Morgan fingerprint density at radius 1 is 1.26 bits per heavy atom. The van der Waals surface area contributed by atoms with Crippen molar-refractivity contribution in [3.05, 3.63) is 57.9 Å². The van der Waals surface area contributed by atoms with Crippen molar-refractivity contribution in [2.24, 2.45) is 11.8 Å². The summed E-state index contributed by atoms with van der Waals surface area (Å²) in [5.74, 6) is 5.86. The lowest BCUT2D eigenvalue weighted by Gasteiger charge is -2.43. The van der Waals surface area contributed by atoms with E-state index in [1.165, 1.54) is 11.1 Å². The van der Waals surface area contributed by atoms with Crippen LogP contribution in [0.3, 0.4) is 0 Å². The van der Waals surface area contributed by atoms with Crippen LogP contribution in [0.1, 0.15) is 49.1 Å². The lowest BCUT2D eigenvalue weighted by molar-refractivity contribution is -0.211. The van der Waals surface area contributed by atoms with Crippen LogP contribution in [-0.2, 0) is 28.0 Å². The molecule has 1 unspecified atom stereocenters. The number of benzene rings is 1. The van der Waals surface area contributed by atoms with Crippen molar-refractivity contribution in [1.29, 1.82) is 0 Å². The normalized spacial score (nSPS) is 21.1. The first-order chi connectivity index (χ1) is 15.0. The van der Waals surface area contributed by atoms with Crippen molar-refractivity contribution in [3.63, 3.8) is 0 Å². The summed E-state index contributed by atoms with van der Waals surface area (Å²) in [6.45, 7) is 5.81. The van der Waals surface area contributed by atoms with Gasteiger partial charge in [0, 0.05) is 23.5 Å². The van der Waals surface area contributed by atoms with E-state index in [4.69, 9.17) is 32.1 Å². The molecule has 2 aliphatic rings. The lowest BCUT2D eigenvalue weighted by Crippen LogP contribution is -2.45. The Hall–Kier alpha value is -2.35. The highest BCUT2D eigenvalue weighted by atomic mass is 35.5. The van der Waals surface area contributed by atoms with E-state index in [-0.39, 0.29) is 11.5 Å². The highest BCUT2D eigenvalue weighted by Crippen LogP contribution is 2.48. The van der Waals surface area contributed by atoms with Gasteiger partial charge in [-0.1, -0.05) is 22.7 Å².